The Morgan fingerprint density at radius 1 is 0.250 bits per heavy atom. The van der Waals surface area contributed by atoms with Gasteiger partial charge in [0.2, 0.25) is 0 Å². The van der Waals surface area contributed by atoms with Crippen molar-refractivity contribution in [1.82, 2.24) is 0 Å². The number of rotatable bonds is 8. The Bertz CT molecular complexity index is 3420. The minimum atomic E-state index is -0.509. The summed E-state index contributed by atoms with van der Waals surface area (Å²) in [7, 11) is 0. The van der Waals surface area contributed by atoms with Gasteiger partial charge in [0.15, 0.2) is 0 Å². The van der Waals surface area contributed by atoms with Crippen LogP contribution in [-0.2, 0) is 5.41 Å². The molecule has 0 heterocycles. The standard InChI is InChI=1S/C63H43N/c1-4-17-46(18-5-1)60-42-49(41-48-20-11-13-27-57(48)60)44-31-35-52(36-32-44)64(53-37-33-47(34-38-53)56-29-16-21-45-19-10-12-26-55(45)56)54-39-40-59-58-28-14-15-30-61(58)63(62(59)43-54,50-22-6-2-7-23-50)51-24-8-3-9-25-51/h1-43H. The van der Waals surface area contributed by atoms with Gasteiger partial charge in [0.25, 0.3) is 0 Å². The summed E-state index contributed by atoms with van der Waals surface area (Å²) in [5.74, 6) is 0. The summed E-state index contributed by atoms with van der Waals surface area (Å²) in [5, 5.41) is 4.99. The van der Waals surface area contributed by atoms with Crippen LogP contribution in [0.25, 0.3) is 66.1 Å². The highest BCUT2D eigenvalue weighted by Gasteiger charge is 2.46. The van der Waals surface area contributed by atoms with Crippen molar-refractivity contribution < 1.29 is 0 Å². The molecule has 12 rings (SSSR count). The van der Waals surface area contributed by atoms with Crippen LogP contribution in [0.1, 0.15) is 22.3 Å². The third-order valence-corrected chi connectivity index (χ3v) is 13.3. The van der Waals surface area contributed by atoms with Crippen LogP contribution in [-0.4, -0.2) is 0 Å². The van der Waals surface area contributed by atoms with Gasteiger partial charge in [0.05, 0.1) is 5.41 Å². The molecule has 11 aromatic rings. The molecule has 64 heavy (non-hydrogen) atoms. The predicted octanol–water partition coefficient (Wildman–Crippen LogP) is 16.8. The van der Waals surface area contributed by atoms with E-state index in [0.717, 1.165) is 17.1 Å². The molecular weight excluding hydrogens is 771 g/mol. The van der Waals surface area contributed by atoms with Crippen LogP contribution in [0.3, 0.4) is 0 Å². The van der Waals surface area contributed by atoms with E-state index in [-0.39, 0.29) is 0 Å². The molecule has 1 aliphatic rings. The molecule has 300 valence electrons. The van der Waals surface area contributed by atoms with E-state index in [0.29, 0.717) is 0 Å². The lowest BCUT2D eigenvalue weighted by molar-refractivity contribution is 0.768. The highest BCUT2D eigenvalue weighted by atomic mass is 15.1. The van der Waals surface area contributed by atoms with Gasteiger partial charge in [-0.25, -0.2) is 0 Å². The average molecular weight is 814 g/mol. The van der Waals surface area contributed by atoms with Crippen molar-refractivity contribution in [1.29, 1.82) is 0 Å². The maximum absolute atomic E-state index is 2.46. The van der Waals surface area contributed by atoms with Crippen LogP contribution in [0.5, 0.6) is 0 Å². The van der Waals surface area contributed by atoms with Gasteiger partial charge in [-0.15, -0.1) is 0 Å². The number of benzene rings is 11. The molecule has 1 aliphatic carbocycles. The van der Waals surface area contributed by atoms with Gasteiger partial charge in [-0.3, -0.25) is 0 Å². The van der Waals surface area contributed by atoms with Crippen molar-refractivity contribution in [2.75, 3.05) is 4.90 Å². The Morgan fingerprint density at radius 3 is 1.42 bits per heavy atom. The predicted molar refractivity (Wildman–Crippen MR) is 270 cm³/mol. The third kappa shape index (κ3) is 6.16. The summed E-state index contributed by atoms with van der Waals surface area (Å²) in [6, 6.07) is 95.8. The van der Waals surface area contributed by atoms with Gasteiger partial charge in [-0.05, 0) is 137 Å². The first-order valence-corrected chi connectivity index (χ1v) is 22.2. The Balaban J connectivity index is 1.04. The van der Waals surface area contributed by atoms with E-state index < -0.39 is 5.41 Å². The highest BCUT2D eigenvalue weighted by Crippen LogP contribution is 2.57. The third-order valence-electron chi connectivity index (χ3n) is 13.3. The largest absolute Gasteiger partial charge is 0.310 e. The second kappa shape index (κ2) is 15.6. The molecule has 0 aliphatic heterocycles. The van der Waals surface area contributed by atoms with Crippen molar-refractivity contribution in [3.63, 3.8) is 0 Å². The summed E-state index contributed by atoms with van der Waals surface area (Å²) in [6.45, 7) is 0. The Morgan fingerprint density at radius 2 is 0.734 bits per heavy atom. The molecule has 0 atom stereocenters. The average Bonchev–Trinajstić information content (AvgIpc) is 3.67. The van der Waals surface area contributed by atoms with Crippen molar-refractivity contribution in [2.24, 2.45) is 0 Å². The summed E-state index contributed by atoms with van der Waals surface area (Å²) >= 11 is 0. The van der Waals surface area contributed by atoms with Crippen molar-refractivity contribution >= 4 is 38.6 Å². The molecular formula is C63H43N. The summed E-state index contributed by atoms with van der Waals surface area (Å²) in [4.78, 5) is 2.43. The Kier molecular flexibility index (Phi) is 9.13. The van der Waals surface area contributed by atoms with E-state index >= 15 is 0 Å². The number of hydrogen-bond acceptors (Lipinski definition) is 1. The van der Waals surface area contributed by atoms with Gasteiger partial charge in [-0.2, -0.15) is 0 Å². The van der Waals surface area contributed by atoms with Crippen LogP contribution in [0.2, 0.25) is 0 Å². The maximum Gasteiger partial charge on any atom is 0.0714 e. The zero-order chi connectivity index (χ0) is 42.5. The normalized spacial score (nSPS) is 12.5. The van der Waals surface area contributed by atoms with Crippen LogP contribution >= 0.6 is 0 Å². The molecule has 0 fully saturated rings. The zero-order valence-electron chi connectivity index (χ0n) is 35.3. The second-order valence-corrected chi connectivity index (χ2v) is 16.8. The summed E-state index contributed by atoms with van der Waals surface area (Å²) < 4.78 is 0. The van der Waals surface area contributed by atoms with Gasteiger partial charge in [-0.1, -0.05) is 212 Å². The van der Waals surface area contributed by atoms with E-state index in [9.17, 15) is 0 Å². The fourth-order valence-electron chi connectivity index (χ4n) is 10.4. The van der Waals surface area contributed by atoms with Crippen molar-refractivity contribution in [2.45, 2.75) is 5.41 Å². The van der Waals surface area contributed by atoms with Crippen LogP contribution < -0.4 is 4.90 Å². The summed E-state index contributed by atoms with van der Waals surface area (Å²) in [5.41, 5.74) is 17.7. The molecule has 0 aromatic heterocycles. The molecule has 0 saturated heterocycles. The molecule has 0 radical (unpaired) electrons. The first-order valence-electron chi connectivity index (χ1n) is 22.2. The van der Waals surface area contributed by atoms with Crippen molar-refractivity contribution in [3.05, 3.63) is 283 Å². The summed E-state index contributed by atoms with van der Waals surface area (Å²) in [6.07, 6.45) is 0. The minimum absolute atomic E-state index is 0.509. The molecule has 0 unspecified atom stereocenters. The molecule has 11 aromatic carbocycles. The number of nitrogens with zero attached hydrogens (tertiary/aromatic N) is 1. The van der Waals surface area contributed by atoms with E-state index in [2.05, 4.69) is 266 Å². The molecule has 0 spiro atoms. The maximum atomic E-state index is 2.46. The Hall–Kier alpha value is -8.26. The van der Waals surface area contributed by atoms with Crippen LogP contribution in [0, 0.1) is 0 Å². The lowest BCUT2D eigenvalue weighted by Gasteiger charge is -2.35. The van der Waals surface area contributed by atoms with E-state index in [4.69, 9.17) is 0 Å². The molecule has 0 amide bonds. The number of hydrogen-bond donors (Lipinski definition) is 0. The fraction of sp³-hybridized carbons (Fsp3) is 0.0159. The second-order valence-electron chi connectivity index (χ2n) is 16.8. The lowest BCUT2D eigenvalue weighted by Crippen LogP contribution is -2.28. The topological polar surface area (TPSA) is 3.24 Å². The van der Waals surface area contributed by atoms with Gasteiger partial charge in [0, 0.05) is 17.1 Å². The quantitative estimate of drug-likeness (QED) is 0.148. The van der Waals surface area contributed by atoms with E-state index in [1.54, 1.807) is 0 Å². The van der Waals surface area contributed by atoms with Gasteiger partial charge in [0.1, 0.15) is 0 Å². The molecule has 0 N–H and O–H groups in total. The monoisotopic (exact) mass is 813 g/mol. The van der Waals surface area contributed by atoms with E-state index in [1.165, 1.54) is 88.3 Å². The molecule has 1 nitrogen and oxygen atoms in total. The van der Waals surface area contributed by atoms with Crippen LogP contribution in [0.15, 0.2) is 261 Å². The first kappa shape index (κ1) is 37.5. The first-order chi connectivity index (χ1) is 31.7. The SMILES string of the molecule is c1ccc(-c2cc(-c3ccc(N(c4ccc(-c5cccc6ccccc56)cc4)c4ccc5c(c4)C(c4ccccc4)(c4ccccc4)c4ccccc4-5)cc3)cc3ccccc23)cc1. The lowest BCUT2D eigenvalue weighted by atomic mass is 9.67. The Labute approximate surface area is 374 Å². The van der Waals surface area contributed by atoms with E-state index in [1.807, 2.05) is 0 Å². The number of fused-ring (bicyclic) bond motifs is 5. The van der Waals surface area contributed by atoms with Gasteiger partial charge < -0.3 is 4.90 Å². The molecule has 0 saturated carbocycles. The van der Waals surface area contributed by atoms with Crippen LogP contribution in [0.4, 0.5) is 17.1 Å². The minimum Gasteiger partial charge on any atom is -0.310 e. The zero-order valence-corrected chi connectivity index (χ0v) is 35.3. The molecule has 0 bridgehead atoms. The van der Waals surface area contributed by atoms with Crippen molar-refractivity contribution in [3.8, 4) is 44.5 Å². The smallest absolute Gasteiger partial charge is 0.0714 e. The number of anilines is 3. The van der Waals surface area contributed by atoms with Gasteiger partial charge >= 0.3 is 0 Å². The molecule has 1 heteroatoms. The highest BCUT2D eigenvalue weighted by molar-refractivity contribution is 6.01. The fourth-order valence-corrected chi connectivity index (χ4v) is 10.4.